The second kappa shape index (κ2) is 4.62. The van der Waals surface area contributed by atoms with Gasteiger partial charge < -0.3 is 10.4 Å². The van der Waals surface area contributed by atoms with Crippen LogP contribution in [0, 0.1) is 24.1 Å². The number of carboxylic acid groups (broad SMARTS) is 1. The Labute approximate surface area is 92.3 Å². The van der Waals surface area contributed by atoms with Crippen LogP contribution < -0.4 is 5.32 Å². The van der Waals surface area contributed by atoms with E-state index >= 15 is 0 Å². The summed E-state index contributed by atoms with van der Waals surface area (Å²) in [7, 11) is 0. The zero-order valence-electron chi connectivity index (χ0n) is 8.91. The van der Waals surface area contributed by atoms with E-state index in [1.807, 2.05) is 6.07 Å². The van der Waals surface area contributed by atoms with Gasteiger partial charge in [-0.2, -0.15) is 5.26 Å². The number of nitrogens with zero attached hydrogens (tertiary/aromatic N) is 1. The molecule has 1 rings (SSSR count). The Morgan fingerprint density at radius 3 is 2.75 bits per heavy atom. The van der Waals surface area contributed by atoms with E-state index in [9.17, 15) is 9.18 Å². The van der Waals surface area contributed by atoms with Gasteiger partial charge in [-0.1, -0.05) is 0 Å². The molecular formula is C11H11FN2O2. The van der Waals surface area contributed by atoms with E-state index in [1.54, 1.807) is 13.8 Å². The van der Waals surface area contributed by atoms with Gasteiger partial charge in [0.2, 0.25) is 0 Å². The molecule has 1 aromatic carbocycles. The van der Waals surface area contributed by atoms with Gasteiger partial charge in [-0.15, -0.1) is 0 Å². The van der Waals surface area contributed by atoms with Crippen LogP contribution in [-0.4, -0.2) is 11.2 Å². The van der Waals surface area contributed by atoms with E-state index < -0.39 is 18.0 Å². The van der Waals surface area contributed by atoms with E-state index in [4.69, 9.17) is 10.4 Å². The van der Waals surface area contributed by atoms with Crippen molar-refractivity contribution in [3.63, 3.8) is 0 Å². The summed E-state index contributed by atoms with van der Waals surface area (Å²) in [6.45, 7) is 3.25. The monoisotopic (exact) mass is 222 g/mol. The van der Waals surface area contributed by atoms with Crippen LogP contribution in [0.5, 0.6) is 0 Å². The molecule has 0 fully saturated rings. The fourth-order valence-electron chi connectivity index (χ4n) is 1.53. The molecule has 0 aliphatic carbocycles. The maximum atomic E-state index is 13.2. The molecule has 1 aromatic rings. The van der Waals surface area contributed by atoms with Crippen LogP contribution in [0.4, 0.5) is 9.18 Å². The lowest BCUT2D eigenvalue weighted by atomic mass is 9.98. The van der Waals surface area contributed by atoms with E-state index in [-0.39, 0.29) is 5.56 Å². The summed E-state index contributed by atoms with van der Waals surface area (Å²) >= 11 is 0. The fourth-order valence-corrected chi connectivity index (χ4v) is 1.53. The lowest BCUT2D eigenvalue weighted by Crippen LogP contribution is -2.25. The predicted octanol–water partition coefficient (Wildman–Crippen LogP) is 2.33. The Hall–Kier alpha value is -2.09. The molecule has 5 heteroatoms. The van der Waals surface area contributed by atoms with Crippen molar-refractivity contribution in [2.45, 2.75) is 19.9 Å². The fraction of sp³-hybridized carbons (Fsp3) is 0.273. The number of benzene rings is 1. The molecule has 0 aliphatic rings. The van der Waals surface area contributed by atoms with Crippen molar-refractivity contribution in [3.8, 4) is 6.07 Å². The summed E-state index contributed by atoms with van der Waals surface area (Å²) in [6, 6.07) is 3.68. The average molecular weight is 222 g/mol. The van der Waals surface area contributed by atoms with Gasteiger partial charge in [0, 0.05) is 0 Å². The van der Waals surface area contributed by atoms with Gasteiger partial charge in [-0.05, 0) is 37.1 Å². The standard InChI is InChI=1S/C11H11FN2O2/c1-6-8(5-13)3-9(12)4-10(6)7(2)14-11(15)16/h3-4,7,14H,1-2H3,(H,15,16). The molecule has 0 bridgehead atoms. The lowest BCUT2D eigenvalue weighted by molar-refractivity contribution is 0.191. The third-order valence-corrected chi connectivity index (χ3v) is 2.34. The Kier molecular flexibility index (Phi) is 3.46. The maximum absolute atomic E-state index is 13.2. The molecule has 1 amide bonds. The van der Waals surface area contributed by atoms with Crippen LogP contribution in [0.25, 0.3) is 0 Å². The largest absolute Gasteiger partial charge is 0.465 e. The maximum Gasteiger partial charge on any atom is 0.405 e. The number of hydrogen-bond acceptors (Lipinski definition) is 2. The Bertz CT molecular complexity index is 466. The Morgan fingerprint density at radius 2 is 2.25 bits per heavy atom. The number of carbonyl (C=O) groups is 1. The quantitative estimate of drug-likeness (QED) is 0.806. The van der Waals surface area contributed by atoms with E-state index in [2.05, 4.69) is 5.32 Å². The van der Waals surface area contributed by atoms with E-state index in [1.165, 1.54) is 6.07 Å². The summed E-state index contributed by atoms with van der Waals surface area (Å²) < 4.78 is 13.2. The molecule has 84 valence electrons. The smallest absolute Gasteiger partial charge is 0.405 e. The predicted molar refractivity (Wildman–Crippen MR) is 55.4 cm³/mol. The van der Waals surface area contributed by atoms with Crippen molar-refractivity contribution in [2.75, 3.05) is 0 Å². The van der Waals surface area contributed by atoms with E-state index in [0.29, 0.717) is 11.1 Å². The molecule has 1 unspecified atom stereocenters. The van der Waals surface area contributed by atoms with Crippen LogP contribution in [-0.2, 0) is 0 Å². The number of rotatable bonds is 2. The normalized spacial score (nSPS) is 11.6. The highest BCUT2D eigenvalue weighted by Crippen LogP contribution is 2.21. The lowest BCUT2D eigenvalue weighted by Gasteiger charge is -2.15. The molecule has 0 radical (unpaired) electrons. The highest BCUT2D eigenvalue weighted by atomic mass is 19.1. The first kappa shape index (κ1) is 12.0. The van der Waals surface area contributed by atoms with Crippen LogP contribution in [0.3, 0.4) is 0 Å². The molecule has 0 saturated carbocycles. The molecule has 0 aromatic heterocycles. The minimum Gasteiger partial charge on any atom is -0.465 e. The SMILES string of the molecule is Cc1c(C#N)cc(F)cc1C(C)NC(=O)O. The number of nitrogens with one attached hydrogen (secondary N) is 1. The van der Waals surface area contributed by atoms with Crippen molar-refractivity contribution in [1.82, 2.24) is 5.32 Å². The van der Waals surface area contributed by atoms with Crippen LogP contribution in [0.2, 0.25) is 0 Å². The summed E-state index contributed by atoms with van der Waals surface area (Å²) in [4.78, 5) is 10.5. The molecule has 0 aliphatic heterocycles. The van der Waals surface area contributed by atoms with Crippen LogP contribution in [0.15, 0.2) is 12.1 Å². The first-order valence-corrected chi connectivity index (χ1v) is 4.65. The third kappa shape index (κ3) is 2.48. The minimum absolute atomic E-state index is 0.217. The van der Waals surface area contributed by atoms with Crippen LogP contribution in [0.1, 0.15) is 29.7 Å². The highest BCUT2D eigenvalue weighted by Gasteiger charge is 2.14. The van der Waals surface area contributed by atoms with Crippen molar-refractivity contribution < 1.29 is 14.3 Å². The van der Waals surface area contributed by atoms with Crippen molar-refractivity contribution in [2.24, 2.45) is 0 Å². The van der Waals surface area contributed by atoms with Gasteiger partial charge in [0.1, 0.15) is 5.82 Å². The molecule has 16 heavy (non-hydrogen) atoms. The number of hydrogen-bond donors (Lipinski definition) is 2. The van der Waals surface area contributed by atoms with Gasteiger partial charge >= 0.3 is 6.09 Å². The number of halogens is 1. The number of nitriles is 1. The van der Waals surface area contributed by atoms with Crippen molar-refractivity contribution in [3.05, 3.63) is 34.6 Å². The minimum atomic E-state index is -1.19. The average Bonchev–Trinajstić information content (AvgIpc) is 2.19. The topological polar surface area (TPSA) is 73.1 Å². The molecule has 0 heterocycles. The first-order chi connectivity index (χ1) is 7.45. The Balaban J connectivity index is 3.18. The van der Waals surface area contributed by atoms with Gasteiger partial charge in [-0.25, -0.2) is 9.18 Å². The molecule has 4 nitrogen and oxygen atoms in total. The number of amides is 1. The summed E-state index contributed by atoms with van der Waals surface area (Å²) in [5, 5.41) is 19.6. The van der Waals surface area contributed by atoms with Gasteiger partial charge in [0.25, 0.3) is 0 Å². The molecular weight excluding hydrogens is 211 g/mol. The van der Waals surface area contributed by atoms with Crippen LogP contribution >= 0.6 is 0 Å². The van der Waals surface area contributed by atoms with Crippen molar-refractivity contribution in [1.29, 1.82) is 5.26 Å². The van der Waals surface area contributed by atoms with Gasteiger partial charge in [-0.3, -0.25) is 0 Å². The summed E-state index contributed by atoms with van der Waals surface area (Å²) in [5.74, 6) is -0.545. The van der Waals surface area contributed by atoms with Gasteiger partial charge in [0.15, 0.2) is 0 Å². The van der Waals surface area contributed by atoms with Crippen molar-refractivity contribution >= 4 is 6.09 Å². The summed E-state index contributed by atoms with van der Waals surface area (Å²) in [5.41, 5.74) is 1.28. The second-order valence-electron chi connectivity index (χ2n) is 3.45. The molecule has 0 spiro atoms. The van der Waals surface area contributed by atoms with Gasteiger partial charge in [0.05, 0.1) is 17.7 Å². The third-order valence-electron chi connectivity index (χ3n) is 2.34. The zero-order valence-corrected chi connectivity index (χ0v) is 8.91. The Morgan fingerprint density at radius 1 is 1.62 bits per heavy atom. The molecule has 0 saturated heterocycles. The zero-order chi connectivity index (χ0) is 12.3. The highest BCUT2D eigenvalue weighted by molar-refractivity contribution is 5.65. The molecule has 1 atom stereocenters. The molecule has 2 N–H and O–H groups in total. The van der Waals surface area contributed by atoms with E-state index in [0.717, 1.165) is 6.07 Å². The summed E-state index contributed by atoms with van der Waals surface area (Å²) in [6.07, 6.45) is -1.19. The first-order valence-electron chi connectivity index (χ1n) is 4.65. The second-order valence-corrected chi connectivity index (χ2v) is 3.45.